The van der Waals surface area contributed by atoms with Crippen molar-refractivity contribution in [2.75, 3.05) is 0 Å². The highest BCUT2D eigenvalue weighted by Gasteiger charge is 2.41. The summed E-state index contributed by atoms with van der Waals surface area (Å²) in [7, 11) is 0. The van der Waals surface area contributed by atoms with Gasteiger partial charge in [0.05, 0.1) is 5.25 Å². The fourth-order valence-corrected chi connectivity index (χ4v) is 3.80. The molecule has 1 atom stereocenters. The lowest BCUT2D eigenvalue weighted by molar-refractivity contribution is -0.123. The number of hydrogen-bond acceptors (Lipinski definition) is 4. The Balaban J connectivity index is 2.46. The molecule has 0 aliphatic carbocycles. The number of thioether (sulfide) groups is 1. The molecule has 1 fully saturated rings. The largest absolute Gasteiger partial charge is 0.299 e. The third kappa shape index (κ3) is 4.84. The first-order valence-electron chi connectivity index (χ1n) is 6.59. The van der Waals surface area contributed by atoms with E-state index in [4.69, 9.17) is 0 Å². The second-order valence-electron chi connectivity index (χ2n) is 5.56. The Morgan fingerprint density at radius 2 is 1.89 bits per heavy atom. The molecule has 1 rings (SSSR count). The smallest absolute Gasteiger partial charge is 0.272 e. The van der Waals surface area contributed by atoms with Gasteiger partial charge in [0.2, 0.25) is 0 Å². The topological polar surface area (TPSA) is 37.4 Å². The SMILES string of the molecule is CCCCCCC1SC(=O)N(SC(C)(C)C)C1=O. The normalized spacial score (nSPS) is 20.9. The summed E-state index contributed by atoms with van der Waals surface area (Å²) < 4.78 is 1.25. The van der Waals surface area contributed by atoms with Crippen molar-refractivity contribution in [1.29, 1.82) is 0 Å². The van der Waals surface area contributed by atoms with Crippen LogP contribution in [0.3, 0.4) is 0 Å². The number of carbonyl (C=O) groups is 2. The first-order valence-corrected chi connectivity index (χ1v) is 8.24. The number of amides is 2. The van der Waals surface area contributed by atoms with Gasteiger partial charge in [0, 0.05) is 4.75 Å². The van der Waals surface area contributed by atoms with Crippen molar-refractivity contribution < 1.29 is 9.59 Å². The molecule has 5 heteroatoms. The summed E-state index contributed by atoms with van der Waals surface area (Å²) in [5, 5.41) is -0.246. The van der Waals surface area contributed by atoms with E-state index in [2.05, 4.69) is 6.92 Å². The van der Waals surface area contributed by atoms with Gasteiger partial charge in [-0.05, 0) is 50.9 Å². The fourth-order valence-electron chi connectivity index (χ4n) is 1.74. The molecule has 0 N–H and O–H groups in total. The van der Waals surface area contributed by atoms with E-state index in [9.17, 15) is 9.59 Å². The van der Waals surface area contributed by atoms with Gasteiger partial charge in [-0.1, -0.05) is 32.6 Å². The Hall–Kier alpha value is -0.160. The zero-order valence-corrected chi connectivity index (χ0v) is 13.3. The van der Waals surface area contributed by atoms with E-state index in [0.717, 1.165) is 19.3 Å². The Morgan fingerprint density at radius 1 is 1.22 bits per heavy atom. The van der Waals surface area contributed by atoms with Gasteiger partial charge >= 0.3 is 0 Å². The maximum atomic E-state index is 12.1. The van der Waals surface area contributed by atoms with Gasteiger partial charge in [-0.15, -0.1) is 0 Å². The van der Waals surface area contributed by atoms with Crippen molar-refractivity contribution in [3.8, 4) is 0 Å². The lowest BCUT2D eigenvalue weighted by Crippen LogP contribution is -2.29. The van der Waals surface area contributed by atoms with Gasteiger partial charge in [0.1, 0.15) is 0 Å². The Morgan fingerprint density at radius 3 is 2.44 bits per heavy atom. The highest BCUT2D eigenvalue weighted by atomic mass is 32.2. The molecule has 18 heavy (non-hydrogen) atoms. The molecule has 0 aromatic carbocycles. The van der Waals surface area contributed by atoms with Crippen molar-refractivity contribution >= 4 is 34.9 Å². The number of nitrogens with zero attached hydrogens (tertiary/aromatic N) is 1. The summed E-state index contributed by atoms with van der Waals surface area (Å²) in [5.74, 6) is -0.0126. The zero-order valence-electron chi connectivity index (χ0n) is 11.7. The molecule has 1 unspecified atom stereocenters. The number of unbranched alkanes of at least 4 members (excludes halogenated alkanes) is 3. The van der Waals surface area contributed by atoms with Crippen LogP contribution in [0.5, 0.6) is 0 Å². The second kappa shape index (κ2) is 6.85. The first kappa shape index (κ1) is 15.9. The third-order valence-electron chi connectivity index (χ3n) is 2.57. The van der Waals surface area contributed by atoms with E-state index >= 15 is 0 Å². The quantitative estimate of drug-likeness (QED) is 0.534. The highest BCUT2D eigenvalue weighted by Crippen LogP contribution is 2.39. The summed E-state index contributed by atoms with van der Waals surface area (Å²) in [6.07, 6.45) is 5.42. The van der Waals surface area contributed by atoms with Crippen LogP contribution in [-0.2, 0) is 4.79 Å². The van der Waals surface area contributed by atoms with E-state index in [1.807, 2.05) is 20.8 Å². The van der Waals surface area contributed by atoms with Gasteiger partial charge in [-0.3, -0.25) is 9.59 Å². The lowest BCUT2D eigenvalue weighted by atomic mass is 10.1. The van der Waals surface area contributed by atoms with Crippen LogP contribution in [-0.4, -0.2) is 25.4 Å². The van der Waals surface area contributed by atoms with Crippen molar-refractivity contribution in [1.82, 2.24) is 4.31 Å². The predicted molar refractivity (Wildman–Crippen MR) is 79.7 cm³/mol. The first-order chi connectivity index (χ1) is 8.35. The van der Waals surface area contributed by atoms with Crippen molar-refractivity contribution in [3.63, 3.8) is 0 Å². The van der Waals surface area contributed by atoms with Crippen LogP contribution >= 0.6 is 23.7 Å². The molecule has 0 aromatic heterocycles. The second-order valence-corrected chi connectivity index (χ2v) is 8.48. The molecule has 104 valence electrons. The molecule has 0 saturated carbocycles. The highest BCUT2D eigenvalue weighted by molar-refractivity contribution is 8.17. The van der Waals surface area contributed by atoms with E-state index in [0.29, 0.717) is 0 Å². The molecule has 2 amide bonds. The van der Waals surface area contributed by atoms with Crippen molar-refractivity contribution in [3.05, 3.63) is 0 Å². The van der Waals surface area contributed by atoms with Crippen molar-refractivity contribution in [2.24, 2.45) is 0 Å². The minimum Gasteiger partial charge on any atom is -0.272 e. The van der Waals surface area contributed by atoms with E-state index in [-0.39, 0.29) is 21.1 Å². The minimum absolute atomic E-state index is 0.0126. The Bertz CT molecular complexity index is 313. The van der Waals surface area contributed by atoms with Crippen LogP contribution in [0, 0.1) is 0 Å². The van der Waals surface area contributed by atoms with Crippen LogP contribution in [0.4, 0.5) is 4.79 Å². The van der Waals surface area contributed by atoms with E-state index in [1.54, 1.807) is 0 Å². The average molecular weight is 289 g/mol. The molecular formula is C13H23NO2S2. The number of carbonyl (C=O) groups excluding carboxylic acids is 2. The molecule has 1 aliphatic rings. The fraction of sp³-hybridized carbons (Fsp3) is 0.846. The molecule has 0 aromatic rings. The van der Waals surface area contributed by atoms with Crippen LogP contribution in [0.1, 0.15) is 59.8 Å². The van der Waals surface area contributed by atoms with E-state index in [1.165, 1.54) is 40.9 Å². The van der Waals surface area contributed by atoms with Gasteiger partial charge < -0.3 is 0 Å². The number of rotatable bonds is 6. The van der Waals surface area contributed by atoms with Gasteiger partial charge in [0.25, 0.3) is 11.1 Å². The molecule has 0 bridgehead atoms. The van der Waals surface area contributed by atoms with Gasteiger partial charge in [-0.2, -0.15) is 0 Å². The monoisotopic (exact) mass is 289 g/mol. The predicted octanol–water partition coefficient (Wildman–Crippen LogP) is 4.47. The molecule has 0 radical (unpaired) electrons. The van der Waals surface area contributed by atoms with Gasteiger partial charge in [-0.25, -0.2) is 4.31 Å². The summed E-state index contributed by atoms with van der Waals surface area (Å²) in [5.41, 5.74) is 0. The number of hydrogen-bond donors (Lipinski definition) is 0. The maximum absolute atomic E-state index is 12.1. The van der Waals surface area contributed by atoms with Gasteiger partial charge in [0.15, 0.2) is 0 Å². The summed E-state index contributed by atoms with van der Waals surface area (Å²) in [6, 6.07) is 0. The molecule has 3 nitrogen and oxygen atoms in total. The van der Waals surface area contributed by atoms with Crippen LogP contribution < -0.4 is 0 Å². The average Bonchev–Trinajstić information content (AvgIpc) is 2.51. The third-order valence-corrected chi connectivity index (χ3v) is 4.87. The Labute approximate surface area is 119 Å². The molecular weight excluding hydrogens is 266 g/mol. The zero-order chi connectivity index (χ0) is 13.8. The van der Waals surface area contributed by atoms with Crippen molar-refractivity contribution in [2.45, 2.75) is 69.8 Å². The van der Waals surface area contributed by atoms with E-state index < -0.39 is 0 Å². The summed E-state index contributed by atoms with van der Waals surface area (Å²) >= 11 is 2.54. The van der Waals surface area contributed by atoms with Crippen LogP contribution in [0.2, 0.25) is 0 Å². The van der Waals surface area contributed by atoms with Crippen LogP contribution in [0.25, 0.3) is 0 Å². The molecule has 1 aliphatic heterocycles. The van der Waals surface area contributed by atoms with Crippen LogP contribution in [0.15, 0.2) is 0 Å². The standard InChI is InChI=1S/C13H23NO2S2/c1-5-6-7-8-9-10-11(15)14(12(16)17-10)18-13(2,3)4/h10H,5-9H2,1-4H3. The summed E-state index contributed by atoms with van der Waals surface area (Å²) in [6.45, 7) is 8.20. The minimum atomic E-state index is -0.149. The molecule has 1 saturated heterocycles. The maximum Gasteiger partial charge on any atom is 0.299 e. The summed E-state index contributed by atoms with van der Waals surface area (Å²) in [4.78, 5) is 23.9. The Kier molecular flexibility index (Phi) is 6.05. The molecule has 1 heterocycles. The molecule has 0 spiro atoms. The number of imide groups is 1. The lowest BCUT2D eigenvalue weighted by Gasteiger charge is -2.22.